The molecule has 0 saturated heterocycles. The van der Waals surface area contributed by atoms with Crippen molar-refractivity contribution >= 4 is 0 Å². The van der Waals surface area contributed by atoms with Gasteiger partial charge in [0.2, 0.25) is 0 Å². The van der Waals surface area contributed by atoms with Gasteiger partial charge in [-0.1, -0.05) is 72.4 Å². The van der Waals surface area contributed by atoms with E-state index in [2.05, 4.69) is 58.1 Å². The van der Waals surface area contributed by atoms with E-state index in [1.165, 1.54) is 0 Å². The van der Waals surface area contributed by atoms with Crippen LogP contribution < -0.4 is 0 Å². The number of terminal acetylenes is 3. The molecule has 0 atom stereocenters. The summed E-state index contributed by atoms with van der Waals surface area (Å²) in [5, 5.41) is 0. The van der Waals surface area contributed by atoms with Gasteiger partial charge in [-0.05, 0) is 65.2 Å². The van der Waals surface area contributed by atoms with Crippen LogP contribution in [0.4, 0.5) is 0 Å². The topological polar surface area (TPSA) is 38.7 Å². The molecule has 3 nitrogen and oxygen atoms in total. The fourth-order valence-corrected chi connectivity index (χ4v) is 5.07. The smallest absolute Gasteiger partial charge is 0.0780 e. The van der Waals surface area contributed by atoms with Crippen LogP contribution in [0, 0.1) is 37.0 Å². The molecule has 6 rings (SSSR count). The number of nitrogens with zero attached hydrogens (tertiary/aromatic N) is 3. The van der Waals surface area contributed by atoms with Crippen LogP contribution in [0.25, 0.3) is 56.0 Å². The van der Waals surface area contributed by atoms with Gasteiger partial charge < -0.3 is 0 Å². The molecule has 0 unspecified atom stereocenters. The van der Waals surface area contributed by atoms with Crippen molar-refractivity contribution in [3.8, 4) is 93.1 Å². The Morgan fingerprint density at radius 3 is 1.98 bits per heavy atom. The molecule has 0 N–H and O–H groups in total. The standard InChI is InChI=1S/C39H23N3/c1-4-27-17-20-38(42-26-27)33-19-18-30(23-28(33)5-2)34-15-12-22-41-39(34)31-24-35(29-13-8-7-9-14-29)32(6-3)36(25-31)37-16-10-11-21-40-37/h1-3,7-26H. The Kier molecular flexibility index (Phi) is 7.12. The molecule has 42 heavy (non-hydrogen) atoms. The zero-order chi connectivity index (χ0) is 28.9. The van der Waals surface area contributed by atoms with Crippen molar-refractivity contribution in [1.82, 2.24) is 15.0 Å². The van der Waals surface area contributed by atoms with Crippen molar-refractivity contribution in [1.29, 1.82) is 0 Å². The molecule has 194 valence electrons. The van der Waals surface area contributed by atoms with E-state index in [1.54, 1.807) is 18.6 Å². The van der Waals surface area contributed by atoms with Gasteiger partial charge in [0.1, 0.15) is 0 Å². The van der Waals surface area contributed by atoms with Crippen LogP contribution in [0.3, 0.4) is 0 Å². The predicted octanol–water partition coefficient (Wildman–Crippen LogP) is 8.15. The predicted molar refractivity (Wildman–Crippen MR) is 171 cm³/mol. The summed E-state index contributed by atoms with van der Waals surface area (Å²) in [4.78, 5) is 14.0. The summed E-state index contributed by atoms with van der Waals surface area (Å²) in [6.45, 7) is 0. The lowest BCUT2D eigenvalue weighted by molar-refractivity contribution is 1.30. The Balaban J connectivity index is 1.54. The molecule has 3 heterocycles. The summed E-state index contributed by atoms with van der Waals surface area (Å²) >= 11 is 0. The molecule has 0 spiro atoms. The van der Waals surface area contributed by atoms with Gasteiger partial charge in [-0.25, -0.2) is 0 Å². The fraction of sp³-hybridized carbons (Fsp3) is 0. The van der Waals surface area contributed by atoms with Crippen LogP contribution in [-0.2, 0) is 0 Å². The van der Waals surface area contributed by atoms with Gasteiger partial charge in [0, 0.05) is 57.5 Å². The van der Waals surface area contributed by atoms with Crippen molar-refractivity contribution in [2.75, 3.05) is 0 Å². The second kappa shape index (κ2) is 11.5. The monoisotopic (exact) mass is 533 g/mol. The third-order valence-electron chi connectivity index (χ3n) is 7.08. The number of hydrogen-bond acceptors (Lipinski definition) is 3. The quantitative estimate of drug-likeness (QED) is 0.210. The zero-order valence-electron chi connectivity index (χ0n) is 22.6. The Morgan fingerprint density at radius 1 is 0.476 bits per heavy atom. The van der Waals surface area contributed by atoms with Crippen LogP contribution in [0.1, 0.15) is 16.7 Å². The van der Waals surface area contributed by atoms with Gasteiger partial charge >= 0.3 is 0 Å². The van der Waals surface area contributed by atoms with Gasteiger partial charge in [0.15, 0.2) is 0 Å². The van der Waals surface area contributed by atoms with Crippen LogP contribution in [0.5, 0.6) is 0 Å². The molecule has 6 aromatic rings. The number of aromatic nitrogens is 3. The number of benzene rings is 3. The third kappa shape index (κ3) is 4.94. The van der Waals surface area contributed by atoms with E-state index < -0.39 is 0 Å². The highest BCUT2D eigenvalue weighted by atomic mass is 14.7. The molecule has 3 aromatic heterocycles. The number of rotatable bonds is 5. The maximum atomic E-state index is 6.12. The maximum Gasteiger partial charge on any atom is 0.0780 e. The second-order valence-corrected chi connectivity index (χ2v) is 9.55. The highest BCUT2D eigenvalue weighted by Gasteiger charge is 2.18. The molecule has 0 amide bonds. The number of hydrogen-bond donors (Lipinski definition) is 0. The summed E-state index contributed by atoms with van der Waals surface area (Å²) < 4.78 is 0. The molecular formula is C39H23N3. The summed E-state index contributed by atoms with van der Waals surface area (Å²) in [5.74, 6) is 8.37. The average Bonchev–Trinajstić information content (AvgIpc) is 3.08. The maximum absolute atomic E-state index is 6.12. The molecule has 0 aliphatic rings. The van der Waals surface area contributed by atoms with Gasteiger partial charge in [0.25, 0.3) is 0 Å². The van der Waals surface area contributed by atoms with E-state index in [0.29, 0.717) is 5.56 Å². The van der Waals surface area contributed by atoms with E-state index in [-0.39, 0.29) is 0 Å². The molecular weight excluding hydrogens is 510 g/mol. The lowest BCUT2D eigenvalue weighted by Crippen LogP contribution is -1.96. The summed E-state index contributed by atoms with van der Waals surface area (Å²) in [6.07, 6.45) is 22.8. The van der Waals surface area contributed by atoms with E-state index in [4.69, 9.17) is 24.3 Å². The molecule has 0 fully saturated rings. The first-order chi connectivity index (χ1) is 20.7. The first-order valence-corrected chi connectivity index (χ1v) is 13.3. The molecule has 0 saturated carbocycles. The van der Waals surface area contributed by atoms with Crippen molar-refractivity contribution in [3.05, 3.63) is 138 Å². The lowest BCUT2D eigenvalue weighted by Gasteiger charge is -2.16. The fourth-order valence-electron chi connectivity index (χ4n) is 5.07. The first kappa shape index (κ1) is 26.0. The highest BCUT2D eigenvalue weighted by molar-refractivity contribution is 5.90. The van der Waals surface area contributed by atoms with Crippen LogP contribution >= 0.6 is 0 Å². The van der Waals surface area contributed by atoms with Gasteiger partial charge in [-0.2, -0.15) is 0 Å². The van der Waals surface area contributed by atoms with E-state index >= 15 is 0 Å². The highest BCUT2D eigenvalue weighted by Crippen LogP contribution is 2.39. The minimum atomic E-state index is 0.716. The summed E-state index contributed by atoms with van der Waals surface area (Å²) in [7, 11) is 0. The molecule has 0 bridgehead atoms. The molecule has 3 aromatic carbocycles. The normalized spacial score (nSPS) is 10.3. The average molecular weight is 534 g/mol. The molecule has 0 aliphatic carbocycles. The van der Waals surface area contributed by atoms with Gasteiger partial charge in [-0.3, -0.25) is 15.0 Å². The molecule has 0 radical (unpaired) electrons. The summed E-state index contributed by atoms with van der Waals surface area (Å²) in [6, 6.07) is 33.9. The third-order valence-corrected chi connectivity index (χ3v) is 7.08. The SMILES string of the molecule is C#Cc1ccc(-c2ccc(-c3cccnc3-c3cc(-c4ccccc4)c(C#C)c(-c4ccccn4)c3)cc2C#C)nc1. The van der Waals surface area contributed by atoms with E-state index in [9.17, 15) is 0 Å². The second-order valence-electron chi connectivity index (χ2n) is 9.55. The van der Waals surface area contributed by atoms with E-state index in [0.717, 1.165) is 67.2 Å². The largest absolute Gasteiger partial charge is 0.256 e. The van der Waals surface area contributed by atoms with Crippen molar-refractivity contribution < 1.29 is 0 Å². The zero-order valence-corrected chi connectivity index (χ0v) is 22.6. The molecule has 0 aliphatic heterocycles. The first-order valence-electron chi connectivity index (χ1n) is 13.3. The van der Waals surface area contributed by atoms with Crippen molar-refractivity contribution in [2.24, 2.45) is 0 Å². The Labute approximate surface area is 246 Å². The van der Waals surface area contributed by atoms with E-state index in [1.807, 2.05) is 72.8 Å². The summed E-state index contributed by atoms with van der Waals surface area (Å²) in [5.41, 5.74) is 11.1. The Bertz CT molecular complexity index is 1980. The molecule has 3 heteroatoms. The minimum Gasteiger partial charge on any atom is -0.256 e. The minimum absolute atomic E-state index is 0.716. The van der Waals surface area contributed by atoms with Gasteiger partial charge in [-0.15, -0.1) is 19.3 Å². The Morgan fingerprint density at radius 2 is 1.26 bits per heavy atom. The van der Waals surface area contributed by atoms with Crippen molar-refractivity contribution in [2.45, 2.75) is 0 Å². The van der Waals surface area contributed by atoms with Gasteiger partial charge in [0.05, 0.1) is 17.1 Å². The number of pyridine rings is 3. The lowest BCUT2D eigenvalue weighted by atomic mass is 9.88. The van der Waals surface area contributed by atoms with Crippen LogP contribution in [0.15, 0.2) is 122 Å². The van der Waals surface area contributed by atoms with Crippen molar-refractivity contribution in [3.63, 3.8) is 0 Å². The van der Waals surface area contributed by atoms with Crippen LogP contribution in [-0.4, -0.2) is 15.0 Å². The van der Waals surface area contributed by atoms with Crippen LogP contribution in [0.2, 0.25) is 0 Å². The Hall–Kier alpha value is -6.21.